The Bertz CT molecular complexity index is 673. The fourth-order valence-corrected chi connectivity index (χ4v) is 7.57. The molecule has 3 aliphatic carbocycles. The van der Waals surface area contributed by atoms with E-state index in [-0.39, 0.29) is 18.4 Å². The number of hydrogen-bond acceptors (Lipinski definition) is 4. The van der Waals surface area contributed by atoms with E-state index < -0.39 is 23.9 Å². The predicted molar refractivity (Wildman–Crippen MR) is 107 cm³/mol. The molecule has 2 heterocycles. The summed E-state index contributed by atoms with van der Waals surface area (Å²) in [5.74, 6) is 0.280. The molecule has 5 rings (SSSR count). The smallest absolute Gasteiger partial charge is 0.339 e. The minimum absolute atomic E-state index is 0.0152. The van der Waals surface area contributed by atoms with Crippen LogP contribution in [0.15, 0.2) is 0 Å². The van der Waals surface area contributed by atoms with E-state index in [4.69, 9.17) is 0 Å². The molecule has 170 valence electrons. The SMILES string of the molecule is C[C@@H]1[C@@H](C2NNCN2C)[C@H]1C1CCCC(N2CC3C(CCCC3C(F)(F)F)C2=O)C1. The van der Waals surface area contributed by atoms with Gasteiger partial charge < -0.3 is 4.90 Å². The maximum Gasteiger partial charge on any atom is 0.392 e. The van der Waals surface area contributed by atoms with Gasteiger partial charge in [-0.2, -0.15) is 13.2 Å². The first-order valence-corrected chi connectivity index (χ1v) is 11.8. The van der Waals surface area contributed by atoms with E-state index in [0.29, 0.717) is 49.2 Å². The van der Waals surface area contributed by atoms with E-state index >= 15 is 0 Å². The highest BCUT2D eigenvalue weighted by Crippen LogP contribution is 2.57. The van der Waals surface area contributed by atoms with Crippen LogP contribution in [-0.2, 0) is 4.79 Å². The summed E-state index contributed by atoms with van der Waals surface area (Å²) in [6.45, 7) is 3.50. The van der Waals surface area contributed by atoms with Gasteiger partial charge in [0.15, 0.2) is 0 Å². The standard InChI is InChI=1S/C22H35F3N4O/c1-12-18(19(12)20-27-26-11-28(20)2)13-5-3-6-14(9-13)29-10-16-15(21(29)30)7-4-8-17(16)22(23,24)25/h12-20,26-27H,3-11H2,1-2H3/t12-,13?,14?,15?,16?,17?,18+,19+,20?/m0/s1. The zero-order valence-electron chi connectivity index (χ0n) is 18.0. The van der Waals surface area contributed by atoms with E-state index in [1.807, 2.05) is 4.90 Å². The van der Waals surface area contributed by atoms with Crippen LogP contribution < -0.4 is 10.9 Å². The summed E-state index contributed by atoms with van der Waals surface area (Å²) < 4.78 is 40.7. The zero-order chi connectivity index (χ0) is 21.2. The number of alkyl halides is 3. The van der Waals surface area contributed by atoms with Gasteiger partial charge in [0.2, 0.25) is 5.91 Å². The van der Waals surface area contributed by atoms with Crippen LogP contribution in [0.3, 0.4) is 0 Å². The van der Waals surface area contributed by atoms with Gasteiger partial charge in [0.1, 0.15) is 0 Å². The van der Waals surface area contributed by atoms with Crippen LogP contribution in [0.1, 0.15) is 51.9 Å². The lowest BCUT2D eigenvalue weighted by Crippen LogP contribution is -2.42. The van der Waals surface area contributed by atoms with Crippen molar-refractivity contribution in [2.24, 2.45) is 41.4 Å². The largest absolute Gasteiger partial charge is 0.392 e. The molecule has 0 radical (unpaired) electrons. The Balaban J connectivity index is 1.26. The Labute approximate surface area is 177 Å². The van der Waals surface area contributed by atoms with E-state index in [0.717, 1.165) is 25.9 Å². The lowest BCUT2D eigenvalue weighted by atomic mass is 9.73. The number of rotatable bonds is 3. The molecule has 8 heteroatoms. The van der Waals surface area contributed by atoms with Gasteiger partial charge in [-0.1, -0.05) is 26.2 Å². The molecule has 2 saturated heterocycles. The average molecular weight is 429 g/mol. The normalized spacial score (nSPS) is 47.6. The number of nitrogens with one attached hydrogen (secondary N) is 2. The van der Waals surface area contributed by atoms with Crippen LogP contribution in [0, 0.1) is 41.4 Å². The lowest BCUT2D eigenvalue weighted by Gasteiger charge is -2.36. The summed E-state index contributed by atoms with van der Waals surface area (Å²) in [7, 11) is 2.13. The van der Waals surface area contributed by atoms with Crippen molar-refractivity contribution < 1.29 is 18.0 Å². The van der Waals surface area contributed by atoms with Crippen molar-refractivity contribution in [2.45, 2.75) is 70.3 Å². The fraction of sp³-hybridized carbons (Fsp3) is 0.955. The van der Waals surface area contributed by atoms with Crippen molar-refractivity contribution in [1.29, 1.82) is 0 Å². The molecule has 2 aliphatic heterocycles. The molecule has 6 unspecified atom stereocenters. The van der Waals surface area contributed by atoms with E-state index in [1.54, 1.807) is 0 Å². The van der Waals surface area contributed by atoms with Crippen molar-refractivity contribution in [3.05, 3.63) is 0 Å². The van der Waals surface area contributed by atoms with Gasteiger partial charge in [-0.15, -0.1) is 0 Å². The Kier molecular flexibility index (Phi) is 5.34. The number of nitrogens with zero attached hydrogens (tertiary/aromatic N) is 2. The third-order valence-corrected chi connectivity index (χ3v) is 9.10. The van der Waals surface area contributed by atoms with Crippen molar-refractivity contribution in [3.63, 3.8) is 0 Å². The van der Waals surface area contributed by atoms with Gasteiger partial charge in [-0.3, -0.25) is 9.69 Å². The molecule has 5 nitrogen and oxygen atoms in total. The number of hydrazine groups is 1. The number of halogens is 3. The van der Waals surface area contributed by atoms with Crippen molar-refractivity contribution in [3.8, 4) is 0 Å². The number of fused-ring (bicyclic) bond motifs is 1. The maximum atomic E-state index is 13.6. The summed E-state index contributed by atoms with van der Waals surface area (Å²) in [6, 6.07) is 0.136. The predicted octanol–water partition coefficient (Wildman–Crippen LogP) is 3.19. The van der Waals surface area contributed by atoms with Gasteiger partial charge in [-0.05, 0) is 62.3 Å². The topological polar surface area (TPSA) is 47.6 Å². The van der Waals surface area contributed by atoms with Crippen LogP contribution in [0.5, 0.6) is 0 Å². The van der Waals surface area contributed by atoms with Crippen LogP contribution in [-0.4, -0.2) is 54.4 Å². The fourth-order valence-electron chi connectivity index (χ4n) is 7.57. The minimum atomic E-state index is -4.18. The van der Waals surface area contributed by atoms with E-state index in [2.05, 4.69) is 29.7 Å². The van der Waals surface area contributed by atoms with Gasteiger partial charge in [0, 0.05) is 18.5 Å². The highest BCUT2D eigenvalue weighted by Gasteiger charge is 2.59. The highest BCUT2D eigenvalue weighted by molar-refractivity contribution is 5.82. The van der Waals surface area contributed by atoms with Gasteiger partial charge in [0.05, 0.1) is 18.8 Å². The van der Waals surface area contributed by atoms with Gasteiger partial charge in [0.25, 0.3) is 0 Å². The van der Waals surface area contributed by atoms with Crippen molar-refractivity contribution in [1.82, 2.24) is 20.7 Å². The Hall–Kier alpha value is -0.860. The minimum Gasteiger partial charge on any atom is -0.339 e. The second-order valence-electron chi connectivity index (χ2n) is 10.6. The maximum absolute atomic E-state index is 13.6. The number of carbonyl (C=O) groups excluding carboxylic acids is 1. The Morgan fingerprint density at radius 2 is 1.83 bits per heavy atom. The Morgan fingerprint density at radius 1 is 1.07 bits per heavy atom. The third-order valence-electron chi connectivity index (χ3n) is 9.10. The van der Waals surface area contributed by atoms with Crippen LogP contribution >= 0.6 is 0 Å². The quantitative estimate of drug-likeness (QED) is 0.725. The van der Waals surface area contributed by atoms with Crippen LogP contribution in [0.25, 0.3) is 0 Å². The molecule has 2 N–H and O–H groups in total. The first-order valence-electron chi connectivity index (χ1n) is 11.8. The van der Waals surface area contributed by atoms with Crippen LogP contribution in [0.4, 0.5) is 13.2 Å². The molecule has 0 bridgehead atoms. The van der Waals surface area contributed by atoms with Gasteiger partial charge in [-0.25, -0.2) is 10.9 Å². The van der Waals surface area contributed by atoms with Gasteiger partial charge >= 0.3 is 6.18 Å². The summed E-state index contributed by atoms with van der Waals surface area (Å²) in [5, 5.41) is 0. The van der Waals surface area contributed by atoms with E-state index in [9.17, 15) is 18.0 Å². The third kappa shape index (κ3) is 3.47. The number of hydrogen-bond donors (Lipinski definition) is 2. The molecule has 0 aromatic carbocycles. The molecule has 30 heavy (non-hydrogen) atoms. The summed E-state index contributed by atoms with van der Waals surface area (Å²) in [4.78, 5) is 17.3. The molecule has 3 saturated carbocycles. The molecule has 5 fully saturated rings. The first kappa shape index (κ1) is 21.0. The molecular weight excluding hydrogens is 393 g/mol. The van der Waals surface area contributed by atoms with Crippen molar-refractivity contribution in [2.75, 3.05) is 20.3 Å². The van der Waals surface area contributed by atoms with E-state index in [1.165, 1.54) is 6.42 Å². The number of likely N-dealkylation sites (tertiary alicyclic amines) is 1. The second-order valence-corrected chi connectivity index (χ2v) is 10.6. The highest BCUT2D eigenvalue weighted by atomic mass is 19.4. The summed E-state index contributed by atoms with van der Waals surface area (Å²) in [5.41, 5.74) is 6.62. The first-order chi connectivity index (χ1) is 14.3. The Morgan fingerprint density at radius 3 is 2.53 bits per heavy atom. The number of amides is 1. The zero-order valence-corrected chi connectivity index (χ0v) is 18.0. The molecular formula is C22H35F3N4O. The monoisotopic (exact) mass is 428 g/mol. The lowest BCUT2D eigenvalue weighted by molar-refractivity contribution is -0.198. The average Bonchev–Trinajstić information content (AvgIpc) is 3.01. The molecule has 0 aromatic rings. The van der Waals surface area contributed by atoms with Crippen LogP contribution in [0.2, 0.25) is 0 Å². The molecule has 1 amide bonds. The molecule has 0 spiro atoms. The second kappa shape index (κ2) is 7.62. The molecule has 0 aromatic heterocycles. The molecule has 9 atom stereocenters. The molecule has 5 aliphatic rings. The summed E-state index contributed by atoms with van der Waals surface area (Å²) >= 11 is 0. The van der Waals surface area contributed by atoms with Crippen molar-refractivity contribution >= 4 is 5.91 Å². The number of carbonyl (C=O) groups is 1. The summed E-state index contributed by atoms with van der Waals surface area (Å²) in [6.07, 6.45) is 1.72.